The van der Waals surface area contributed by atoms with Crippen molar-refractivity contribution >= 4 is 43.5 Å². The van der Waals surface area contributed by atoms with Gasteiger partial charge in [-0.2, -0.15) is 5.10 Å². The molecule has 0 aliphatic rings. The van der Waals surface area contributed by atoms with E-state index in [1.165, 1.54) is 5.56 Å². The SMILES string of the molecule is CC(C)n1ccc(CC(CBr)(CBr)c2cccc(Cl)c2)n1. The number of alkyl halides is 2. The quantitative estimate of drug-likeness (QED) is 0.558. The monoisotopic (exact) mass is 432 g/mol. The van der Waals surface area contributed by atoms with E-state index in [1.807, 2.05) is 29.1 Å². The van der Waals surface area contributed by atoms with E-state index in [2.05, 4.69) is 62.9 Å². The Balaban J connectivity index is 2.33. The first kappa shape index (κ1) is 17.0. The van der Waals surface area contributed by atoms with Crippen molar-refractivity contribution in [2.75, 3.05) is 10.7 Å². The van der Waals surface area contributed by atoms with Crippen LogP contribution in [0.1, 0.15) is 31.1 Å². The number of hydrogen-bond acceptors (Lipinski definition) is 1. The van der Waals surface area contributed by atoms with E-state index in [0.29, 0.717) is 6.04 Å². The van der Waals surface area contributed by atoms with Crippen LogP contribution in [0.25, 0.3) is 0 Å². The summed E-state index contributed by atoms with van der Waals surface area (Å²) in [4.78, 5) is 0. The first-order valence-electron chi connectivity index (χ1n) is 6.93. The standard InChI is InChI=1S/C16H19Br2ClN2/c1-12(2)21-7-6-15(20-21)9-16(10-17,11-18)13-4-3-5-14(19)8-13/h3-8,12H,9-11H2,1-2H3. The second-order valence-electron chi connectivity index (χ2n) is 5.62. The van der Waals surface area contributed by atoms with Crippen LogP contribution in [-0.4, -0.2) is 20.4 Å². The minimum Gasteiger partial charge on any atom is -0.270 e. The molecule has 1 heterocycles. The summed E-state index contributed by atoms with van der Waals surface area (Å²) >= 11 is 13.5. The number of aromatic nitrogens is 2. The van der Waals surface area contributed by atoms with Gasteiger partial charge >= 0.3 is 0 Å². The Labute approximate surface area is 148 Å². The Hall–Kier alpha value is -0.320. The van der Waals surface area contributed by atoms with Gasteiger partial charge in [0.25, 0.3) is 0 Å². The second-order valence-corrected chi connectivity index (χ2v) is 7.17. The highest BCUT2D eigenvalue weighted by atomic mass is 79.9. The summed E-state index contributed by atoms with van der Waals surface area (Å²) in [5, 5.41) is 7.15. The summed E-state index contributed by atoms with van der Waals surface area (Å²) in [6.07, 6.45) is 2.91. The van der Waals surface area contributed by atoms with E-state index >= 15 is 0 Å². The van der Waals surface area contributed by atoms with E-state index in [0.717, 1.165) is 27.8 Å². The number of rotatable bonds is 6. The highest BCUT2D eigenvalue weighted by molar-refractivity contribution is 9.09. The van der Waals surface area contributed by atoms with E-state index < -0.39 is 0 Å². The third kappa shape index (κ3) is 3.91. The topological polar surface area (TPSA) is 17.8 Å². The summed E-state index contributed by atoms with van der Waals surface area (Å²) in [7, 11) is 0. The van der Waals surface area contributed by atoms with Gasteiger partial charge in [-0.15, -0.1) is 0 Å². The molecule has 5 heteroatoms. The highest BCUT2D eigenvalue weighted by Crippen LogP contribution is 2.33. The number of hydrogen-bond donors (Lipinski definition) is 0. The molecule has 1 aromatic carbocycles. The second kappa shape index (κ2) is 7.30. The fourth-order valence-corrected chi connectivity index (χ4v) is 4.47. The molecule has 114 valence electrons. The molecular weight excluding hydrogens is 415 g/mol. The van der Waals surface area contributed by atoms with Crippen molar-refractivity contribution in [3.05, 3.63) is 52.8 Å². The minimum atomic E-state index is -0.0545. The Kier molecular flexibility index (Phi) is 5.92. The van der Waals surface area contributed by atoms with Crippen molar-refractivity contribution in [1.82, 2.24) is 9.78 Å². The first-order chi connectivity index (χ1) is 10.0. The maximum atomic E-state index is 6.16. The van der Waals surface area contributed by atoms with Crippen molar-refractivity contribution in [3.63, 3.8) is 0 Å². The number of benzene rings is 1. The molecule has 0 atom stereocenters. The third-order valence-corrected chi connectivity index (χ3v) is 6.04. The summed E-state index contributed by atoms with van der Waals surface area (Å²) in [6.45, 7) is 4.27. The van der Waals surface area contributed by atoms with Gasteiger partial charge in [-0.05, 0) is 37.6 Å². The van der Waals surface area contributed by atoms with Gasteiger partial charge in [-0.3, -0.25) is 4.68 Å². The van der Waals surface area contributed by atoms with Crippen LogP contribution in [-0.2, 0) is 11.8 Å². The summed E-state index contributed by atoms with van der Waals surface area (Å²) < 4.78 is 2.00. The zero-order valence-corrected chi connectivity index (χ0v) is 16.1. The average molecular weight is 435 g/mol. The molecule has 0 bridgehead atoms. The van der Waals surface area contributed by atoms with Crippen LogP contribution < -0.4 is 0 Å². The molecule has 0 N–H and O–H groups in total. The molecule has 21 heavy (non-hydrogen) atoms. The molecule has 0 unspecified atom stereocenters. The molecule has 0 amide bonds. The molecule has 2 aromatic rings. The normalized spacial score (nSPS) is 12.1. The summed E-state index contributed by atoms with van der Waals surface area (Å²) in [5.41, 5.74) is 2.27. The molecule has 0 fully saturated rings. The van der Waals surface area contributed by atoms with Gasteiger partial charge in [-0.25, -0.2) is 0 Å². The van der Waals surface area contributed by atoms with Crippen LogP contribution >= 0.6 is 43.5 Å². The molecular formula is C16H19Br2ClN2. The van der Waals surface area contributed by atoms with Gasteiger partial charge in [0.15, 0.2) is 0 Å². The lowest BCUT2D eigenvalue weighted by Gasteiger charge is -2.30. The van der Waals surface area contributed by atoms with E-state index in [1.54, 1.807) is 0 Å². The van der Waals surface area contributed by atoms with Crippen molar-refractivity contribution in [3.8, 4) is 0 Å². The zero-order valence-electron chi connectivity index (χ0n) is 12.2. The predicted octanol–water partition coefficient (Wildman–Crippen LogP) is 5.39. The molecule has 2 nitrogen and oxygen atoms in total. The largest absolute Gasteiger partial charge is 0.270 e. The fourth-order valence-electron chi connectivity index (χ4n) is 2.31. The van der Waals surface area contributed by atoms with E-state index in [-0.39, 0.29) is 5.41 Å². The molecule has 1 aromatic heterocycles. The Morgan fingerprint density at radius 2 is 1.95 bits per heavy atom. The predicted molar refractivity (Wildman–Crippen MR) is 97.0 cm³/mol. The third-order valence-electron chi connectivity index (χ3n) is 3.66. The van der Waals surface area contributed by atoms with Crippen LogP contribution in [0.3, 0.4) is 0 Å². The number of nitrogens with zero attached hydrogens (tertiary/aromatic N) is 2. The lowest BCUT2D eigenvalue weighted by Crippen LogP contribution is -2.33. The summed E-state index contributed by atoms with van der Waals surface area (Å²) in [5.74, 6) is 0. The highest BCUT2D eigenvalue weighted by Gasteiger charge is 2.31. The zero-order chi connectivity index (χ0) is 15.5. The van der Waals surface area contributed by atoms with E-state index in [9.17, 15) is 0 Å². The molecule has 0 aliphatic carbocycles. The lowest BCUT2D eigenvalue weighted by atomic mass is 9.80. The Morgan fingerprint density at radius 1 is 1.24 bits per heavy atom. The minimum absolute atomic E-state index is 0.0545. The van der Waals surface area contributed by atoms with Gasteiger partial charge in [0.1, 0.15) is 0 Å². The van der Waals surface area contributed by atoms with Crippen LogP contribution in [0.15, 0.2) is 36.5 Å². The maximum absolute atomic E-state index is 6.16. The fraction of sp³-hybridized carbons (Fsp3) is 0.438. The van der Waals surface area contributed by atoms with Crippen LogP contribution in [0.5, 0.6) is 0 Å². The molecule has 0 saturated heterocycles. The summed E-state index contributed by atoms with van der Waals surface area (Å²) in [6, 6.07) is 10.6. The van der Waals surface area contributed by atoms with Gasteiger partial charge in [-0.1, -0.05) is 55.6 Å². The van der Waals surface area contributed by atoms with Crippen molar-refractivity contribution < 1.29 is 0 Å². The first-order valence-corrected chi connectivity index (χ1v) is 9.55. The van der Waals surface area contributed by atoms with Gasteiger partial charge in [0, 0.05) is 39.8 Å². The Morgan fingerprint density at radius 3 is 2.48 bits per heavy atom. The molecule has 0 aliphatic heterocycles. The van der Waals surface area contributed by atoms with Gasteiger partial charge < -0.3 is 0 Å². The molecule has 0 spiro atoms. The van der Waals surface area contributed by atoms with Crippen LogP contribution in [0.4, 0.5) is 0 Å². The van der Waals surface area contributed by atoms with Crippen LogP contribution in [0.2, 0.25) is 5.02 Å². The van der Waals surface area contributed by atoms with Crippen molar-refractivity contribution in [2.24, 2.45) is 0 Å². The molecule has 2 rings (SSSR count). The van der Waals surface area contributed by atoms with Crippen molar-refractivity contribution in [2.45, 2.75) is 31.7 Å². The van der Waals surface area contributed by atoms with Crippen LogP contribution in [0, 0.1) is 0 Å². The Bertz CT molecular complexity index is 591. The maximum Gasteiger partial charge on any atom is 0.0634 e. The molecule has 0 radical (unpaired) electrons. The van der Waals surface area contributed by atoms with Gasteiger partial charge in [0.2, 0.25) is 0 Å². The van der Waals surface area contributed by atoms with Gasteiger partial charge in [0.05, 0.1) is 5.69 Å². The lowest BCUT2D eigenvalue weighted by molar-refractivity contribution is 0.502. The number of halogens is 3. The average Bonchev–Trinajstić information content (AvgIpc) is 2.93. The molecule has 0 saturated carbocycles. The van der Waals surface area contributed by atoms with Crippen molar-refractivity contribution in [1.29, 1.82) is 0 Å². The smallest absolute Gasteiger partial charge is 0.0634 e. The van der Waals surface area contributed by atoms with E-state index in [4.69, 9.17) is 11.6 Å².